The number of aromatic nitrogens is 1. The van der Waals surface area contributed by atoms with E-state index < -0.39 is 0 Å². The van der Waals surface area contributed by atoms with Crippen LogP contribution in [0.25, 0.3) is 10.9 Å². The van der Waals surface area contributed by atoms with Gasteiger partial charge in [-0.05, 0) is 37.1 Å². The Balaban J connectivity index is 2.94. The van der Waals surface area contributed by atoms with Crippen molar-refractivity contribution in [1.82, 2.24) is 4.98 Å². The molecule has 0 unspecified atom stereocenters. The van der Waals surface area contributed by atoms with Gasteiger partial charge >= 0.3 is 0 Å². The molecule has 0 atom stereocenters. The first-order chi connectivity index (χ1) is 5.70. The number of hydrogen-bond acceptors (Lipinski definition) is 0. The Bertz CT molecular complexity index is 429. The Kier molecular flexibility index (Phi) is 1.72. The predicted octanol–water partition coefficient (Wildman–Crippen LogP) is 3.55. The third-order valence-electron chi connectivity index (χ3n) is 2.36. The molecule has 0 aliphatic heterocycles. The maximum atomic E-state index is 3.54. The fraction of sp³-hybridized carbons (Fsp3) is 0.200. The molecule has 1 heterocycles. The summed E-state index contributed by atoms with van der Waals surface area (Å²) in [5.41, 5.74) is 3.88. The second-order valence-corrected chi connectivity index (χ2v) is 3.90. The number of rotatable bonds is 0. The normalized spacial score (nSPS) is 10.9. The van der Waals surface area contributed by atoms with Crippen LogP contribution in [0.15, 0.2) is 22.8 Å². The molecule has 62 valence electrons. The van der Waals surface area contributed by atoms with E-state index in [4.69, 9.17) is 0 Å². The Morgan fingerprint density at radius 1 is 1.25 bits per heavy atom. The highest BCUT2D eigenvalue weighted by Crippen LogP contribution is 2.27. The minimum Gasteiger partial charge on any atom is -0.361 e. The molecule has 1 aromatic carbocycles. The van der Waals surface area contributed by atoms with Crippen LogP contribution in [0.4, 0.5) is 0 Å². The largest absolute Gasteiger partial charge is 0.361 e. The van der Waals surface area contributed by atoms with E-state index in [2.05, 4.69) is 46.9 Å². The Morgan fingerprint density at radius 3 is 2.75 bits per heavy atom. The molecule has 12 heavy (non-hydrogen) atoms. The number of fused-ring (bicyclic) bond motifs is 1. The van der Waals surface area contributed by atoms with E-state index in [1.165, 1.54) is 26.5 Å². The van der Waals surface area contributed by atoms with E-state index in [0.29, 0.717) is 0 Å². The fourth-order valence-corrected chi connectivity index (χ4v) is 1.98. The first kappa shape index (κ1) is 7.87. The molecule has 1 aromatic heterocycles. The third kappa shape index (κ3) is 0.985. The van der Waals surface area contributed by atoms with Crippen LogP contribution >= 0.6 is 15.9 Å². The second kappa shape index (κ2) is 2.63. The van der Waals surface area contributed by atoms with Gasteiger partial charge in [0.2, 0.25) is 0 Å². The molecule has 0 spiro atoms. The van der Waals surface area contributed by atoms with E-state index >= 15 is 0 Å². The highest BCUT2D eigenvalue weighted by molar-refractivity contribution is 9.10. The van der Waals surface area contributed by atoms with E-state index in [9.17, 15) is 0 Å². The monoisotopic (exact) mass is 223 g/mol. The van der Waals surface area contributed by atoms with Gasteiger partial charge in [-0.2, -0.15) is 0 Å². The third-order valence-corrected chi connectivity index (χ3v) is 3.18. The quantitative estimate of drug-likeness (QED) is 0.704. The zero-order valence-electron chi connectivity index (χ0n) is 7.11. The molecular formula is C10H10BrN. The summed E-state index contributed by atoms with van der Waals surface area (Å²) in [6.45, 7) is 4.26. The molecule has 2 aromatic rings. The molecule has 0 bridgehead atoms. The lowest BCUT2D eigenvalue weighted by molar-refractivity contribution is 1.32. The van der Waals surface area contributed by atoms with Crippen LogP contribution in [0.1, 0.15) is 11.1 Å². The van der Waals surface area contributed by atoms with Crippen molar-refractivity contribution in [2.45, 2.75) is 13.8 Å². The van der Waals surface area contributed by atoms with Crippen molar-refractivity contribution in [1.29, 1.82) is 0 Å². The maximum Gasteiger partial charge on any atom is 0.0487 e. The van der Waals surface area contributed by atoms with E-state index in [-0.39, 0.29) is 0 Å². The van der Waals surface area contributed by atoms with Gasteiger partial charge in [0, 0.05) is 21.6 Å². The van der Waals surface area contributed by atoms with Gasteiger partial charge < -0.3 is 4.98 Å². The summed E-state index contributed by atoms with van der Waals surface area (Å²) in [5.74, 6) is 0. The SMILES string of the molecule is Cc1c(Br)cc2cc[nH]c2c1C. The van der Waals surface area contributed by atoms with Crippen LogP contribution in [0.2, 0.25) is 0 Å². The van der Waals surface area contributed by atoms with Crippen molar-refractivity contribution >= 4 is 26.8 Å². The average molecular weight is 224 g/mol. The number of halogens is 1. The maximum absolute atomic E-state index is 3.54. The van der Waals surface area contributed by atoms with Gasteiger partial charge in [0.25, 0.3) is 0 Å². The van der Waals surface area contributed by atoms with Gasteiger partial charge in [0.15, 0.2) is 0 Å². The highest BCUT2D eigenvalue weighted by Gasteiger charge is 2.04. The first-order valence-corrected chi connectivity index (χ1v) is 4.72. The summed E-state index contributed by atoms with van der Waals surface area (Å²) in [5, 5.41) is 1.27. The van der Waals surface area contributed by atoms with Crippen LogP contribution in [0.5, 0.6) is 0 Å². The molecule has 0 amide bonds. The van der Waals surface area contributed by atoms with Crippen molar-refractivity contribution in [3.8, 4) is 0 Å². The second-order valence-electron chi connectivity index (χ2n) is 3.05. The molecule has 0 aliphatic rings. The number of aromatic amines is 1. The lowest BCUT2D eigenvalue weighted by Gasteiger charge is -2.03. The summed E-state index contributed by atoms with van der Waals surface area (Å²) in [4.78, 5) is 3.24. The standard InChI is InChI=1S/C10H10BrN/c1-6-7(2)10-8(3-4-12-10)5-9(6)11/h3-5,12H,1-2H3. The minimum atomic E-state index is 1.19. The molecule has 1 nitrogen and oxygen atoms in total. The van der Waals surface area contributed by atoms with Crippen LogP contribution in [-0.4, -0.2) is 4.98 Å². The number of aryl methyl sites for hydroxylation is 1. The summed E-state index contributed by atoms with van der Waals surface area (Å²) in [6, 6.07) is 4.24. The molecule has 0 saturated heterocycles. The van der Waals surface area contributed by atoms with Gasteiger partial charge in [0.05, 0.1) is 0 Å². The number of hydrogen-bond donors (Lipinski definition) is 1. The molecule has 0 saturated carbocycles. The summed E-state index contributed by atoms with van der Waals surface area (Å²) in [7, 11) is 0. The summed E-state index contributed by atoms with van der Waals surface area (Å²) < 4.78 is 1.19. The molecule has 2 rings (SSSR count). The van der Waals surface area contributed by atoms with Crippen LogP contribution < -0.4 is 0 Å². The van der Waals surface area contributed by atoms with E-state index in [1.807, 2.05) is 6.20 Å². The minimum absolute atomic E-state index is 1.19. The zero-order chi connectivity index (χ0) is 8.72. The van der Waals surface area contributed by atoms with Crippen LogP contribution in [0.3, 0.4) is 0 Å². The topological polar surface area (TPSA) is 15.8 Å². The smallest absolute Gasteiger partial charge is 0.0487 e. The molecule has 0 radical (unpaired) electrons. The summed E-state index contributed by atoms with van der Waals surface area (Å²) in [6.07, 6.45) is 1.98. The lowest BCUT2D eigenvalue weighted by atomic mass is 10.1. The molecule has 2 heteroatoms. The average Bonchev–Trinajstić information content (AvgIpc) is 2.48. The number of H-pyrrole nitrogens is 1. The number of benzene rings is 1. The van der Waals surface area contributed by atoms with Crippen molar-refractivity contribution in [2.75, 3.05) is 0 Å². The van der Waals surface area contributed by atoms with E-state index in [0.717, 1.165) is 0 Å². The number of nitrogens with one attached hydrogen (secondary N) is 1. The molecule has 0 aliphatic carbocycles. The summed E-state index contributed by atoms with van der Waals surface area (Å²) >= 11 is 3.54. The lowest BCUT2D eigenvalue weighted by Crippen LogP contribution is -1.84. The van der Waals surface area contributed by atoms with Gasteiger partial charge in [-0.15, -0.1) is 0 Å². The van der Waals surface area contributed by atoms with Gasteiger partial charge in [0.1, 0.15) is 0 Å². The van der Waals surface area contributed by atoms with Crippen molar-refractivity contribution in [3.63, 3.8) is 0 Å². The molecular weight excluding hydrogens is 214 g/mol. The Hall–Kier alpha value is -0.760. The molecule has 1 N–H and O–H groups in total. The Labute approximate surface area is 79.9 Å². The Morgan fingerprint density at radius 2 is 2.00 bits per heavy atom. The zero-order valence-corrected chi connectivity index (χ0v) is 8.70. The van der Waals surface area contributed by atoms with E-state index in [1.54, 1.807) is 0 Å². The van der Waals surface area contributed by atoms with Crippen molar-refractivity contribution in [2.24, 2.45) is 0 Å². The fourth-order valence-electron chi connectivity index (χ4n) is 1.44. The van der Waals surface area contributed by atoms with Crippen molar-refractivity contribution in [3.05, 3.63) is 33.9 Å². The predicted molar refractivity (Wildman–Crippen MR) is 55.5 cm³/mol. The molecule has 0 fully saturated rings. The van der Waals surface area contributed by atoms with Crippen LogP contribution in [0, 0.1) is 13.8 Å². The first-order valence-electron chi connectivity index (χ1n) is 3.93. The highest BCUT2D eigenvalue weighted by atomic mass is 79.9. The van der Waals surface area contributed by atoms with Gasteiger partial charge in [-0.1, -0.05) is 15.9 Å². The van der Waals surface area contributed by atoms with Gasteiger partial charge in [-0.3, -0.25) is 0 Å². The van der Waals surface area contributed by atoms with Gasteiger partial charge in [-0.25, -0.2) is 0 Å². The van der Waals surface area contributed by atoms with Crippen LogP contribution in [-0.2, 0) is 0 Å². The van der Waals surface area contributed by atoms with Crippen molar-refractivity contribution < 1.29 is 0 Å².